The van der Waals surface area contributed by atoms with Gasteiger partial charge in [0.2, 0.25) is 0 Å². The standard InChI is InChI=1S/C23H34O3/c1-18(2)8-6-9-19(3)10-7-11-20(4)16-17-26-23(24)21-12-14-22(25-5)15-13-21/h8,10,12-15,20H,6-7,9,11,16-17H2,1-5H3. The van der Waals surface area contributed by atoms with E-state index >= 15 is 0 Å². The number of rotatable bonds is 11. The molecule has 0 amide bonds. The van der Waals surface area contributed by atoms with E-state index in [2.05, 4.69) is 39.8 Å². The number of esters is 1. The van der Waals surface area contributed by atoms with Crippen LogP contribution < -0.4 is 4.74 Å². The predicted molar refractivity (Wildman–Crippen MR) is 109 cm³/mol. The van der Waals surface area contributed by atoms with Gasteiger partial charge >= 0.3 is 5.97 Å². The van der Waals surface area contributed by atoms with Crippen LogP contribution in [0.4, 0.5) is 0 Å². The molecule has 0 aliphatic carbocycles. The van der Waals surface area contributed by atoms with E-state index in [0.717, 1.165) is 37.9 Å². The maximum Gasteiger partial charge on any atom is 0.338 e. The molecule has 1 rings (SSSR count). The van der Waals surface area contributed by atoms with Crippen LogP contribution in [0.15, 0.2) is 47.6 Å². The molecule has 0 aliphatic heterocycles. The summed E-state index contributed by atoms with van der Waals surface area (Å²) in [6.07, 6.45) is 10.0. The van der Waals surface area contributed by atoms with Gasteiger partial charge in [-0.3, -0.25) is 0 Å². The zero-order valence-electron chi connectivity index (χ0n) is 17.0. The topological polar surface area (TPSA) is 35.5 Å². The van der Waals surface area contributed by atoms with E-state index in [-0.39, 0.29) is 5.97 Å². The quantitative estimate of drug-likeness (QED) is 0.341. The molecule has 0 fully saturated rings. The van der Waals surface area contributed by atoms with Crippen LogP contribution in [0.25, 0.3) is 0 Å². The van der Waals surface area contributed by atoms with Gasteiger partial charge in [0.1, 0.15) is 5.75 Å². The van der Waals surface area contributed by atoms with Crippen LogP contribution in [0.5, 0.6) is 5.75 Å². The minimum Gasteiger partial charge on any atom is -0.497 e. The van der Waals surface area contributed by atoms with Crippen molar-refractivity contribution in [1.82, 2.24) is 0 Å². The second kappa shape index (κ2) is 12.3. The van der Waals surface area contributed by atoms with Gasteiger partial charge in [0.05, 0.1) is 19.3 Å². The minimum atomic E-state index is -0.269. The first-order chi connectivity index (χ1) is 12.4. The predicted octanol–water partition coefficient (Wildman–Crippen LogP) is 6.35. The molecule has 0 aromatic heterocycles. The van der Waals surface area contributed by atoms with Crippen molar-refractivity contribution in [1.29, 1.82) is 0 Å². The van der Waals surface area contributed by atoms with E-state index in [0.29, 0.717) is 18.1 Å². The molecule has 0 spiro atoms. The SMILES string of the molecule is COc1ccc(C(=O)OCCC(C)CCC=C(C)CCC=C(C)C)cc1. The Labute approximate surface area is 159 Å². The molecule has 3 nitrogen and oxygen atoms in total. The summed E-state index contributed by atoms with van der Waals surface area (Å²) in [6.45, 7) is 9.17. The van der Waals surface area contributed by atoms with E-state index in [1.54, 1.807) is 31.4 Å². The highest BCUT2D eigenvalue weighted by Gasteiger charge is 2.08. The van der Waals surface area contributed by atoms with Crippen molar-refractivity contribution in [3.8, 4) is 5.75 Å². The van der Waals surface area contributed by atoms with Crippen LogP contribution in [0.1, 0.15) is 70.2 Å². The Morgan fingerprint density at radius 1 is 1.04 bits per heavy atom. The second-order valence-electron chi connectivity index (χ2n) is 7.21. The van der Waals surface area contributed by atoms with Crippen LogP contribution in [0, 0.1) is 5.92 Å². The average Bonchev–Trinajstić information content (AvgIpc) is 2.61. The molecule has 26 heavy (non-hydrogen) atoms. The lowest BCUT2D eigenvalue weighted by Crippen LogP contribution is -2.09. The number of hydrogen-bond donors (Lipinski definition) is 0. The Balaban J connectivity index is 2.22. The normalized spacial score (nSPS) is 12.4. The van der Waals surface area contributed by atoms with E-state index in [4.69, 9.17) is 9.47 Å². The summed E-state index contributed by atoms with van der Waals surface area (Å²) in [7, 11) is 1.61. The molecule has 1 atom stereocenters. The Bertz CT molecular complexity index is 592. The molecule has 1 aromatic rings. The molecule has 3 heteroatoms. The molecule has 0 bridgehead atoms. The second-order valence-corrected chi connectivity index (χ2v) is 7.21. The lowest BCUT2D eigenvalue weighted by Gasteiger charge is -2.11. The van der Waals surface area contributed by atoms with Crippen LogP contribution in [0.3, 0.4) is 0 Å². The monoisotopic (exact) mass is 358 g/mol. The first kappa shape index (κ1) is 22.0. The van der Waals surface area contributed by atoms with Crippen molar-refractivity contribution in [3.63, 3.8) is 0 Å². The van der Waals surface area contributed by atoms with E-state index in [1.807, 2.05) is 0 Å². The van der Waals surface area contributed by atoms with Crippen LogP contribution in [-0.4, -0.2) is 19.7 Å². The number of allylic oxidation sites excluding steroid dienone is 4. The summed E-state index contributed by atoms with van der Waals surface area (Å²) in [5, 5.41) is 0. The molecule has 1 aromatic carbocycles. The smallest absolute Gasteiger partial charge is 0.338 e. The Morgan fingerprint density at radius 2 is 1.73 bits per heavy atom. The zero-order chi connectivity index (χ0) is 19.4. The first-order valence-corrected chi connectivity index (χ1v) is 9.52. The lowest BCUT2D eigenvalue weighted by molar-refractivity contribution is 0.0484. The van der Waals surface area contributed by atoms with Crippen molar-refractivity contribution in [2.24, 2.45) is 5.92 Å². The molecule has 0 saturated carbocycles. The highest BCUT2D eigenvalue weighted by Crippen LogP contribution is 2.15. The molecule has 0 saturated heterocycles. The highest BCUT2D eigenvalue weighted by atomic mass is 16.5. The highest BCUT2D eigenvalue weighted by molar-refractivity contribution is 5.89. The minimum absolute atomic E-state index is 0.269. The van der Waals surface area contributed by atoms with Gasteiger partial charge in [-0.1, -0.05) is 30.2 Å². The van der Waals surface area contributed by atoms with Gasteiger partial charge in [-0.05, 0) is 83.1 Å². The van der Waals surface area contributed by atoms with Gasteiger partial charge in [-0.15, -0.1) is 0 Å². The largest absolute Gasteiger partial charge is 0.497 e. The van der Waals surface area contributed by atoms with Crippen LogP contribution in [0.2, 0.25) is 0 Å². The fourth-order valence-corrected chi connectivity index (χ4v) is 2.61. The third kappa shape index (κ3) is 9.45. The fourth-order valence-electron chi connectivity index (χ4n) is 2.61. The molecule has 0 aliphatic rings. The van der Waals surface area contributed by atoms with Gasteiger partial charge in [0.25, 0.3) is 0 Å². The Morgan fingerprint density at radius 3 is 2.35 bits per heavy atom. The fraction of sp³-hybridized carbons (Fsp3) is 0.522. The summed E-state index contributed by atoms with van der Waals surface area (Å²) in [6, 6.07) is 7.00. The first-order valence-electron chi connectivity index (χ1n) is 9.52. The van der Waals surface area contributed by atoms with Crippen molar-refractivity contribution in [2.75, 3.05) is 13.7 Å². The number of benzene rings is 1. The number of hydrogen-bond acceptors (Lipinski definition) is 3. The Kier molecular flexibility index (Phi) is 10.5. The summed E-state index contributed by atoms with van der Waals surface area (Å²) >= 11 is 0. The van der Waals surface area contributed by atoms with E-state index < -0.39 is 0 Å². The van der Waals surface area contributed by atoms with Crippen molar-refractivity contribution in [2.45, 2.75) is 59.8 Å². The molecule has 0 heterocycles. The third-order valence-electron chi connectivity index (χ3n) is 4.41. The Hall–Kier alpha value is -2.03. The van der Waals surface area contributed by atoms with Crippen molar-refractivity contribution >= 4 is 5.97 Å². The molecular formula is C23H34O3. The molecule has 1 unspecified atom stereocenters. The summed E-state index contributed by atoms with van der Waals surface area (Å²) in [5.74, 6) is 1.01. The van der Waals surface area contributed by atoms with Crippen LogP contribution >= 0.6 is 0 Å². The third-order valence-corrected chi connectivity index (χ3v) is 4.41. The van der Waals surface area contributed by atoms with Gasteiger partial charge < -0.3 is 9.47 Å². The van der Waals surface area contributed by atoms with Crippen molar-refractivity contribution < 1.29 is 14.3 Å². The number of methoxy groups -OCH3 is 1. The maximum atomic E-state index is 12.0. The average molecular weight is 359 g/mol. The van der Waals surface area contributed by atoms with Gasteiger partial charge in [0, 0.05) is 0 Å². The van der Waals surface area contributed by atoms with Gasteiger partial charge in [-0.2, -0.15) is 0 Å². The summed E-state index contributed by atoms with van der Waals surface area (Å²) < 4.78 is 10.5. The zero-order valence-corrected chi connectivity index (χ0v) is 17.0. The van der Waals surface area contributed by atoms with Crippen molar-refractivity contribution in [3.05, 3.63) is 53.1 Å². The van der Waals surface area contributed by atoms with Gasteiger partial charge in [-0.25, -0.2) is 4.79 Å². The number of carbonyl (C=O) groups is 1. The molecule has 0 radical (unpaired) electrons. The van der Waals surface area contributed by atoms with E-state index in [9.17, 15) is 4.79 Å². The maximum absolute atomic E-state index is 12.0. The van der Waals surface area contributed by atoms with Crippen LogP contribution in [-0.2, 0) is 4.74 Å². The van der Waals surface area contributed by atoms with E-state index in [1.165, 1.54) is 11.1 Å². The number of carbonyl (C=O) groups excluding carboxylic acids is 1. The molecule has 144 valence electrons. The molecule has 0 N–H and O–H groups in total. The molecular weight excluding hydrogens is 324 g/mol. The van der Waals surface area contributed by atoms with Gasteiger partial charge in [0.15, 0.2) is 0 Å². The lowest BCUT2D eigenvalue weighted by atomic mass is 10.0. The number of ether oxygens (including phenoxy) is 2. The summed E-state index contributed by atoms with van der Waals surface area (Å²) in [5.41, 5.74) is 3.41. The summed E-state index contributed by atoms with van der Waals surface area (Å²) in [4.78, 5) is 12.0.